The number of carbonyl (C=O) groups excluding carboxylic acids is 1. The molecule has 0 bridgehead atoms. The Bertz CT molecular complexity index is 576. The lowest BCUT2D eigenvalue weighted by Gasteiger charge is -2.05. The number of aryl methyl sites for hydroxylation is 1. The molecular weight excluding hydrogens is 230 g/mol. The molecule has 0 aliphatic heterocycles. The van der Waals surface area contributed by atoms with E-state index >= 15 is 0 Å². The molecule has 0 saturated carbocycles. The second kappa shape index (κ2) is 4.87. The quantitative estimate of drug-likeness (QED) is 0.830. The Morgan fingerprint density at radius 1 is 1.56 bits per heavy atom. The molecule has 3 N–H and O–H groups in total. The third kappa shape index (κ3) is 2.48. The number of nitrogen functional groups attached to an aromatic ring is 1. The topological polar surface area (TPSA) is 85.8 Å². The van der Waals surface area contributed by atoms with Crippen LogP contribution >= 0.6 is 0 Å². The van der Waals surface area contributed by atoms with Crippen LogP contribution in [0.2, 0.25) is 0 Å². The van der Waals surface area contributed by atoms with Crippen molar-refractivity contribution in [1.29, 1.82) is 0 Å². The smallest absolute Gasteiger partial charge is 0.251 e. The number of nitrogens with two attached hydrogens (primary N) is 1. The van der Waals surface area contributed by atoms with Gasteiger partial charge in [-0.05, 0) is 19.1 Å². The van der Waals surface area contributed by atoms with Gasteiger partial charge in [-0.15, -0.1) is 0 Å². The summed E-state index contributed by atoms with van der Waals surface area (Å²) >= 11 is 0. The number of hydrogen-bond donors (Lipinski definition) is 2. The Morgan fingerprint density at radius 2 is 2.33 bits per heavy atom. The summed E-state index contributed by atoms with van der Waals surface area (Å²) in [6, 6.07) is 3.17. The van der Waals surface area contributed by atoms with Crippen molar-refractivity contribution in [3.8, 4) is 0 Å². The van der Waals surface area contributed by atoms with Gasteiger partial charge in [0.05, 0.1) is 6.20 Å². The average Bonchev–Trinajstić information content (AvgIpc) is 2.67. The SMILES string of the molecule is Cc1c(CNC(=O)c2ccnc(N)c2)cnn1C. The van der Waals surface area contributed by atoms with Gasteiger partial charge in [0, 0.05) is 36.6 Å². The molecule has 6 heteroatoms. The van der Waals surface area contributed by atoms with Crippen LogP contribution in [-0.4, -0.2) is 20.7 Å². The first-order valence-corrected chi connectivity index (χ1v) is 5.55. The minimum absolute atomic E-state index is 0.174. The molecule has 6 nitrogen and oxygen atoms in total. The number of anilines is 1. The van der Waals surface area contributed by atoms with E-state index in [-0.39, 0.29) is 5.91 Å². The van der Waals surface area contributed by atoms with Crippen molar-refractivity contribution in [3.05, 3.63) is 41.3 Å². The maximum absolute atomic E-state index is 11.9. The van der Waals surface area contributed by atoms with Gasteiger partial charge >= 0.3 is 0 Å². The summed E-state index contributed by atoms with van der Waals surface area (Å²) in [7, 11) is 1.87. The zero-order chi connectivity index (χ0) is 13.1. The van der Waals surface area contributed by atoms with E-state index in [1.165, 1.54) is 6.20 Å². The van der Waals surface area contributed by atoms with Gasteiger partial charge in [-0.2, -0.15) is 5.10 Å². The van der Waals surface area contributed by atoms with Crippen LogP contribution in [0.3, 0.4) is 0 Å². The summed E-state index contributed by atoms with van der Waals surface area (Å²) in [5.74, 6) is 0.160. The lowest BCUT2D eigenvalue weighted by atomic mass is 10.2. The summed E-state index contributed by atoms with van der Waals surface area (Å²) in [6.45, 7) is 2.40. The molecule has 2 aromatic rings. The Morgan fingerprint density at radius 3 is 2.94 bits per heavy atom. The number of amides is 1. The number of hydrogen-bond acceptors (Lipinski definition) is 4. The molecule has 2 heterocycles. The Balaban J connectivity index is 2.03. The zero-order valence-electron chi connectivity index (χ0n) is 10.3. The van der Waals surface area contributed by atoms with Crippen LogP contribution in [0.25, 0.3) is 0 Å². The molecule has 94 valence electrons. The van der Waals surface area contributed by atoms with Gasteiger partial charge in [0.2, 0.25) is 0 Å². The molecule has 0 aliphatic rings. The number of aromatic nitrogens is 3. The van der Waals surface area contributed by atoms with Crippen molar-refractivity contribution in [3.63, 3.8) is 0 Å². The highest BCUT2D eigenvalue weighted by molar-refractivity contribution is 5.94. The average molecular weight is 245 g/mol. The van der Waals surface area contributed by atoms with E-state index in [0.717, 1.165) is 11.3 Å². The third-order valence-corrected chi connectivity index (χ3v) is 2.82. The normalized spacial score (nSPS) is 10.3. The summed E-state index contributed by atoms with van der Waals surface area (Å²) in [6.07, 6.45) is 3.26. The molecule has 2 rings (SSSR count). The van der Waals surface area contributed by atoms with E-state index in [1.54, 1.807) is 23.0 Å². The molecule has 0 spiro atoms. The van der Waals surface area contributed by atoms with Crippen molar-refractivity contribution in [2.45, 2.75) is 13.5 Å². The molecule has 0 fully saturated rings. The van der Waals surface area contributed by atoms with E-state index in [1.807, 2.05) is 14.0 Å². The molecule has 0 saturated heterocycles. The Kier molecular flexibility index (Phi) is 3.27. The molecule has 0 radical (unpaired) electrons. The highest BCUT2D eigenvalue weighted by Gasteiger charge is 2.08. The van der Waals surface area contributed by atoms with Gasteiger partial charge in [-0.25, -0.2) is 4.98 Å². The van der Waals surface area contributed by atoms with Gasteiger partial charge in [-0.1, -0.05) is 0 Å². The molecular formula is C12H15N5O. The van der Waals surface area contributed by atoms with Crippen molar-refractivity contribution in [2.24, 2.45) is 7.05 Å². The minimum Gasteiger partial charge on any atom is -0.384 e. The fraction of sp³-hybridized carbons (Fsp3) is 0.250. The first kappa shape index (κ1) is 12.1. The Labute approximate surface area is 105 Å². The highest BCUT2D eigenvalue weighted by Crippen LogP contribution is 2.06. The van der Waals surface area contributed by atoms with Crippen molar-refractivity contribution >= 4 is 11.7 Å². The fourth-order valence-corrected chi connectivity index (χ4v) is 1.58. The van der Waals surface area contributed by atoms with Crippen LogP contribution in [0.15, 0.2) is 24.5 Å². The molecule has 0 aromatic carbocycles. The van der Waals surface area contributed by atoms with E-state index < -0.39 is 0 Å². The fourth-order valence-electron chi connectivity index (χ4n) is 1.58. The Hall–Kier alpha value is -2.37. The second-order valence-corrected chi connectivity index (χ2v) is 4.03. The minimum atomic E-state index is -0.174. The predicted molar refractivity (Wildman–Crippen MR) is 67.8 cm³/mol. The maximum atomic E-state index is 11.9. The maximum Gasteiger partial charge on any atom is 0.251 e. The standard InChI is InChI=1S/C12H15N5O/c1-8-10(7-16-17(8)2)6-15-12(18)9-3-4-14-11(13)5-9/h3-5,7H,6H2,1-2H3,(H2,13,14)(H,15,18). The van der Waals surface area contributed by atoms with Crippen molar-refractivity contribution < 1.29 is 4.79 Å². The summed E-state index contributed by atoms with van der Waals surface area (Å²) in [5.41, 5.74) is 8.06. The van der Waals surface area contributed by atoms with E-state index in [0.29, 0.717) is 17.9 Å². The summed E-state index contributed by atoms with van der Waals surface area (Å²) in [4.78, 5) is 15.7. The van der Waals surface area contributed by atoms with Crippen LogP contribution in [0.1, 0.15) is 21.6 Å². The monoisotopic (exact) mass is 245 g/mol. The van der Waals surface area contributed by atoms with Gasteiger partial charge in [0.1, 0.15) is 5.82 Å². The van der Waals surface area contributed by atoms with Gasteiger partial charge in [0.25, 0.3) is 5.91 Å². The molecule has 1 amide bonds. The molecule has 18 heavy (non-hydrogen) atoms. The van der Waals surface area contributed by atoms with Crippen molar-refractivity contribution in [2.75, 3.05) is 5.73 Å². The van der Waals surface area contributed by atoms with Crippen LogP contribution < -0.4 is 11.1 Å². The molecule has 0 aliphatic carbocycles. The highest BCUT2D eigenvalue weighted by atomic mass is 16.1. The predicted octanol–water partition coefficient (Wildman–Crippen LogP) is 0.636. The van der Waals surface area contributed by atoms with E-state index in [4.69, 9.17) is 5.73 Å². The van der Waals surface area contributed by atoms with E-state index in [2.05, 4.69) is 15.4 Å². The van der Waals surface area contributed by atoms with Gasteiger partial charge in [0.15, 0.2) is 0 Å². The summed E-state index contributed by atoms with van der Waals surface area (Å²) in [5, 5.41) is 6.94. The number of carbonyl (C=O) groups is 1. The van der Waals surface area contributed by atoms with Crippen LogP contribution in [0, 0.1) is 6.92 Å². The lowest BCUT2D eigenvalue weighted by Crippen LogP contribution is -2.23. The molecule has 0 atom stereocenters. The molecule has 2 aromatic heterocycles. The number of pyridine rings is 1. The van der Waals surface area contributed by atoms with E-state index in [9.17, 15) is 4.79 Å². The number of nitrogens with zero attached hydrogens (tertiary/aromatic N) is 3. The first-order valence-electron chi connectivity index (χ1n) is 5.55. The van der Waals surface area contributed by atoms with Gasteiger partial charge in [-0.3, -0.25) is 9.48 Å². The van der Waals surface area contributed by atoms with Crippen LogP contribution in [0.5, 0.6) is 0 Å². The lowest BCUT2D eigenvalue weighted by molar-refractivity contribution is 0.0951. The summed E-state index contributed by atoms with van der Waals surface area (Å²) < 4.78 is 1.77. The second-order valence-electron chi connectivity index (χ2n) is 4.03. The zero-order valence-corrected chi connectivity index (χ0v) is 10.3. The van der Waals surface area contributed by atoms with Gasteiger partial charge < -0.3 is 11.1 Å². The van der Waals surface area contributed by atoms with Crippen LogP contribution in [0.4, 0.5) is 5.82 Å². The largest absolute Gasteiger partial charge is 0.384 e. The molecule has 0 unspecified atom stereocenters. The third-order valence-electron chi connectivity index (χ3n) is 2.82. The van der Waals surface area contributed by atoms with Crippen molar-refractivity contribution in [1.82, 2.24) is 20.1 Å². The number of nitrogens with one attached hydrogen (secondary N) is 1. The van der Waals surface area contributed by atoms with Crippen LogP contribution in [-0.2, 0) is 13.6 Å². The first-order chi connectivity index (χ1) is 8.58. The number of rotatable bonds is 3.